The molecular weight excluding hydrogens is 501 g/mol. The maximum absolute atomic E-state index is 12.8. The summed E-state index contributed by atoms with van der Waals surface area (Å²) < 4.78 is 3.45. The molecule has 190 valence electrons. The zero-order valence-electron chi connectivity index (χ0n) is 19.2. The third-order valence-corrected chi connectivity index (χ3v) is 4.78. The van der Waals surface area contributed by atoms with Gasteiger partial charge in [0.2, 0.25) is 0 Å². The Morgan fingerprint density at radius 1 is 0.886 bits per heavy atom. The molecule has 0 atom stereocenters. The van der Waals surface area contributed by atoms with Gasteiger partial charge in [0.15, 0.2) is 11.6 Å². The van der Waals surface area contributed by atoms with Gasteiger partial charge in [0, 0.05) is 76.7 Å². The van der Waals surface area contributed by atoms with Gasteiger partial charge in [-0.25, -0.2) is 14.4 Å². The van der Waals surface area contributed by atoms with Crippen LogP contribution in [0.5, 0.6) is 0 Å². The number of amides is 3. The molecule has 0 saturated carbocycles. The first-order chi connectivity index (χ1) is 15.6. The Labute approximate surface area is 213 Å². The fraction of sp³-hybridized carbons (Fsp3) is 0.263. The molecule has 0 bridgehead atoms. The van der Waals surface area contributed by atoms with Gasteiger partial charge in [-0.3, -0.25) is 19.8 Å². The molecule has 0 aliphatic heterocycles. The maximum Gasteiger partial charge on any atom is 0.350 e. The number of hydrogen-bond donors (Lipinski definition) is 3. The van der Waals surface area contributed by atoms with Crippen LogP contribution in [0.25, 0.3) is 0 Å². The van der Waals surface area contributed by atoms with Gasteiger partial charge in [-0.1, -0.05) is 0 Å². The lowest BCUT2D eigenvalue weighted by Crippen LogP contribution is -2.35. The molecule has 3 rings (SSSR count). The van der Waals surface area contributed by atoms with E-state index in [1.54, 1.807) is 13.1 Å². The number of amidine groups is 1. The number of carbonyl (C=O) groups is 3. The van der Waals surface area contributed by atoms with Crippen molar-refractivity contribution in [3.8, 4) is 0 Å². The first-order valence-corrected chi connectivity index (χ1v) is 9.77. The van der Waals surface area contributed by atoms with Crippen molar-refractivity contribution in [3.63, 3.8) is 0 Å². The third-order valence-electron chi connectivity index (χ3n) is 4.78. The monoisotopic (exact) mass is 527 g/mol. The lowest BCUT2D eigenvalue weighted by molar-refractivity contribution is 0.208. The van der Waals surface area contributed by atoms with Crippen LogP contribution >= 0.6 is 24.8 Å². The standard InChI is InChI=1S/C19H25N11O3.2ClH/c1-25(8-5-14(21)22)17(31)29-10-6-16(23-29)27(3)19(33)30-11-7-15(24-30)26(2)18(32)28-9-4-13(20)12-28;;/h4,6-7,9-12H,5,8,20H2,1-3H3,(H3,21,22);2*1H. The second-order valence-corrected chi connectivity index (χ2v) is 7.25. The van der Waals surface area contributed by atoms with Crippen molar-refractivity contribution in [2.45, 2.75) is 6.42 Å². The number of hydrogen-bond acceptors (Lipinski definition) is 7. The number of nitrogens with zero attached hydrogens (tertiary/aromatic N) is 8. The number of nitrogen functional groups attached to an aromatic ring is 1. The lowest BCUT2D eigenvalue weighted by Gasteiger charge is -2.17. The van der Waals surface area contributed by atoms with E-state index in [1.807, 2.05) is 0 Å². The van der Waals surface area contributed by atoms with Crippen molar-refractivity contribution in [1.29, 1.82) is 5.41 Å². The summed E-state index contributed by atoms with van der Waals surface area (Å²) in [6.07, 6.45) is 6.09. The molecule has 16 heteroatoms. The van der Waals surface area contributed by atoms with Crippen LogP contribution in [-0.4, -0.2) is 80.6 Å². The van der Waals surface area contributed by atoms with Gasteiger partial charge in [-0.05, 0) is 6.07 Å². The summed E-state index contributed by atoms with van der Waals surface area (Å²) in [7, 11) is 4.57. The lowest BCUT2D eigenvalue weighted by atomic mass is 10.4. The van der Waals surface area contributed by atoms with Crippen molar-refractivity contribution in [1.82, 2.24) is 29.0 Å². The van der Waals surface area contributed by atoms with E-state index in [9.17, 15) is 14.4 Å². The molecule has 3 aromatic heterocycles. The van der Waals surface area contributed by atoms with E-state index in [-0.39, 0.29) is 55.3 Å². The van der Waals surface area contributed by atoms with Crippen LogP contribution in [0.3, 0.4) is 0 Å². The van der Waals surface area contributed by atoms with Crippen LogP contribution in [0.1, 0.15) is 6.42 Å². The van der Waals surface area contributed by atoms with Crippen molar-refractivity contribution in [3.05, 3.63) is 43.0 Å². The Morgan fingerprint density at radius 3 is 1.89 bits per heavy atom. The number of aromatic nitrogens is 5. The fourth-order valence-corrected chi connectivity index (χ4v) is 2.81. The fourth-order valence-electron chi connectivity index (χ4n) is 2.81. The van der Waals surface area contributed by atoms with Crippen molar-refractivity contribution in [2.24, 2.45) is 5.73 Å². The highest BCUT2D eigenvalue weighted by Crippen LogP contribution is 2.15. The molecule has 0 unspecified atom stereocenters. The zero-order chi connectivity index (χ0) is 24.3. The van der Waals surface area contributed by atoms with E-state index < -0.39 is 18.1 Å². The summed E-state index contributed by atoms with van der Waals surface area (Å²) in [6, 6.07) is 3.23. The van der Waals surface area contributed by atoms with Crippen LogP contribution in [0, 0.1) is 5.41 Å². The first-order valence-electron chi connectivity index (χ1n) is 9.77. The van der Waals surface area contributed by atoms with Crippen LogP contribution in [0.2, 0.25) is 0 Å². The normalized spacial score (nSPS) is 10.0. The Kier molecular flexibility index (Phi) is 9.85. The molecule has 0 radical (unpaired) electrons. The molecule has 0 fully saturated rings. The van der Waals surface area contributed by atoms with Gasteiger partial charge in [-0.2, -0.15) is 9.36 Å². The zero-order valence-corrected chi connectivity index (χ0v) is 20.9. The molecule has 5 N–H and O–H groups in total. The Bertz CT molecular complexity index is 1200. The van der Waals surface area contributed by atoms with Gasteiger partial charge in [0.25, 0.3) is 0 Å². The predicted octanol–water partition coefficient (Wildman–Crippen LogP) is 1.74. The molecule has 3 aromatic rings. The van der Waals surface area contributed by atoms with Crippen molar-refractivity contribution < 1.29 is 14.4 Å². The van der Waals surface area contributed by atoms with E-state index >= 15 is 0 Å². The molecule has 3 amide bonds. The van der Waals surface area contributed by atoms with Crippen LogP contribution in [-0.2, 0) is 0 Å². The van der Waals surface area contributed by atoms with E-state index in [0.717, 1.165) is 9.36 Å². The van der Waals surface area contributed by atoms with E-state index in [4.69, 9.17) is 16.9 Å². The van der Waals surface area contributed by atoms with E-state index in [1.165, 1.54) is 70.3 Å². The second-order valence-electron chi connectivity index (χ2n) is 7.25. The SMILES string of the molecule is CN(CCC(=N)N)C(=O)n1ccc(N(C)C(=O)n2ccc(N(C)C(=O)n3ccc(N)c3)n2)n1.Cl.Cl. The van der Waals surface area contributed by atoms with E-state index in [2.05, 4.69) is 10.2 Å². The highest BCUT2D eigenvalue weighted by molar-refractivity contribution is 5.94. The molecule has 3 heterocycles. The van der Waals surface area contributed by atoms with Crippen LogP contribution in [0.15, 0.2) is 43.0 Å². The highest BCUT2D eigenvalue weighted by Gasteiger charge is 2.21. The number of anilines is 3. The average Bonchev–Trinajstić information content (AvgIpc) is 3.55. The average molecular weight is 528 g/mol. The summed E-state index contributed by atoms with van der Waals surface area (Å²) in [4.78, 5) is 41.6. The van der Waals surface area contributed by atoms with Gasteiger partial charge in [0.05, 0.1) is 5.84 Å². The van der Waals surface area contributed by atoms with Gasteiger partial charge in [0.1, 0.15) is 0 Å². The maximum atomic E-state index is 12.8. The minimum Gasteiger partial charge on any atom is -0.397 e. The molecule has 0 spiro atoms. The summed E-state index contributed by atoms with van der Waals surface area (Å²) in [5.74, 6) is 0.448. The summed E-state index contributed by atoms with van der Waals surface area (Å²) >= 11 is 0. The Balaban J connectivity index is 0.00000306. The first kappa shape index (κ1) is 29.0. The Morgan fingerprint density at radius 2 is 1.40 bits per heavy atom. The molecule has 0 saturated heterocycles. The third kappa shape index (κ3) is 6.51. The molecule has 14 nitrogen and oxygen atoms in total. The highest BCUT2D eigenvalue weighted by atomic mass is 35.5. The molecule has 0 aromatic carbocycles. The molecule has 35 heavy (non-hydrogen) atoms. The van der Waals surface area contributed by atoms with Gasteiger partial charge in [-0.15, -0.1) is 35.0 Å². The smallest absolute Gasteiger partial charge is 0.350 e. The molecule has 0 aliphatic carbocycles. The minimum absolute atomic E-state index is 0. The van der Waals surface area contributed by atoms with Crippen molar-refractivity contribution in [2.75, 3.05) is 43.2 Å². The second kappa shape index (κ2) is 11.9. The largest absolute Gasteiger partial charge is 0.397 e. The summed E-state index contributed by atoms with van der Waals surface area (Å²) in [5.41, 5.74) is 11.4. The number of halogens is 2. The van der Waals surface area contributed by atoms with Crippen LogP contribution in [0.4, 0.5) is 31.7 Å². The van der Waals surface area contributed by atoms with Gasteiger partial charge >= 0.3 is 18.1 Å². The number of rotatable bonds is 5. The van der Waals surface area contributed by atoms with Gasteiger partial charge < -0.3 is 16.4 Å². The number of nitrogens with two attached hydrogens (primary N) is 2. The van der Waals surface area contributed by atoms with Crippen LogP contribution < -0.4 is 21.3 Å². The Hall–Kier alpha value is -4.04. The number of carbonyl (C=O) groups excluding carboxylic acids is 3. The predicted molar refractivity (Wildman–Crippen MR) is 136 cm³/mol. The minimum atomic E-state index is -0.546. The quantitative estimate of drug-likeness (QED) is 0.333. The van der Waals surface area contributed by atoms with E-state index in [0.29, 0.717) is 5.69 Å². The molecular formula is C19H27Cl2N11O3. The topological polar surface area (TPSA) is 177 Å². The number of nitrogens with one attached hydrogen (secondary N) is 1. The molecule has 0 aliphatic rings. The van der Waals surface area contributed by atoms with Crippen molar-refractivity contribution >= 4 is 66.1 Å². The summed E-state index contributed by atoms with van der Waals surface area (Å²) in [5, 5.41) is 15.6. The summed E-state index contributed by atoms with van der Waals surface area (Å²) in [6.45, 7) is 0.260.